The van der Waals surface area contributed by atoms with Crippen molar-refractivity contribution < 1.29 is 17.9 Å². The summed E-state index contributed by atoms with van der Waals surface area (Å²) >= 11 is 0. The average molecular weight is 350 g/mol. The third kappa shape index (κ3) is 4.90. The smallest absolute Gasteiger partial charge is 0.422 e. The van der Waals surface area contributed by atoms with E-state index in [1.54, 1.807) is 12.1 Å². The lowest BCUT2D eigenvalue weighted by molar-refractivity contribution is -0.153. The number of rotatable bonds is 5. The molecule has 0 N–H and O–H groups in total. The first-order chi connectivity index (χ1) is 11.9. The molecule has 0 aliphatic heterocycles. The van der Waals surface area contributed by atoms with Crippen LogP contribution in [-0.2, 0) is 0 Å². The van der Waals surface area contributed by atoms with Crippen molar-refractivity contribution in [1.29, 1.82) is 0 Å². The molecule has 0 bridgehead atoms. The Morgan fingerprint density at radius 1 is 0.960 bits per heavy atom. The van der Waals surface area contributed by atoms with Crippen LogP contribution in [0, 0.1) is 5.92 Å². The molecule has 2 aromatic rings. The Kier molecular flexibility index (Phi) is 5.55. The van der Waals surface area contributed by atoms with E-state index in [0.29, 0.717) is 5.92 Å². The van der Waals surface area contributed by atoms with Gasteiger partial charge in [0.2, 0.25) is 0 Å². The molecule has 0 atom stereocenters. The van der Waals surface area contributed by atoms with Gasteiger partial charge in [-0.3, -0.25) is 0 Å². The van der Waals surface area contributed by atoms with E-state index in [1.807, 2.05) is 12.1 Å². The molecule has 1 aliphatic rings. The first-order valence-corrected chi connectivity index (χ1v) is 9.18. The first kappa shape index (κ1) is 18.1. The van der Waals surface area contributed by atoms with Crippen molar-refractivity contribution in [3.63, 3.8) is 0 Å². The average Bonchev–Trinajstić information content (AvgIpc) is 2.60. The molecule has 0 radical (unpaired) electrons. The first-order valence-electron chi connectivity index (χ1n) is 9.18. The van der Waals surface area contributed by atoms with E-state index in [2.05, 4.69) is 19.1 Å². The highest BCUT2D eigenvalue weighted by Crippen LogP contribution is 2.38. The summed E-state index contributed by atoms with van der Waals surface area (Å²) in [6.45, 7) is 1.000. The van der Waals surface area contributed by atoms with Gasteiger partial charge in [0.15, 0.2) is 6.61 Å². The summed E-state index contributed by atoms with van der Waals surface area (Å²) in [6, 6.07) is 11.5. The molecule has 1 fully saturated rings. The molecule has 0 spiro atoms. The van der Waals surface area contributed by atoms with Gasteiger partial charge in [-0.15, -0.1) is 0 Å². The van der Waals surface area contributed by atoms with E-state index in [1.165, 1.54) is 44.1 Å². The molecule has 0 unspecified atom stereocenters. The molecule has 25 heavy (non-hydrogen) atoms. The van der Waals surface area contributed by atoms with Crippen LogP contribution < -0.4 is 4.74 Å². The summed E-state index contributed by atoms with van der Waals surface area (Å²) in [7, 11) is 0. The van der Waals surface area contributed by atoms with Crippen molar-refractivity contribution in [1.82, 2.24) is 0 Å². The van der Waals surface area contributed by atoms with Crippen LogP contribution in [0.1, 0.15) is 56.9 Å². The standard InChI is InChI=1S/C21H25F3O/c1-2-3-15-4-6-16(7-5-15)17-8-9-19-13-20(11-10-18(19)12-17)25-14-21(22,23)24/h8-13,15-16H,2-7,14H2,1H3. The normalized spacial score (nSPS) is 21.4. The zero-order chi connectivity index (χ0) is 17.9. The number of alkyl halides is 3. The second-order valence-corrected chi connectivity index (χ2v) is 7.18. The van der Waals surface area contributed by atoms with Crippen LogP contribution in [0.15, 0.2) is 36.4 Å². The van der Waals surface area contributed by atoms with Gasteiger partial charge in [-0.1, -0.05) is 44.0 Å². The van der Waals surface area contributed by atoms with E-state index in [-0.39, 0.29) is 5.75 Å². The molecule has 1 aliphatic carbocycles. The Morgan fingerprint density at radius 3 is 2.32 bits per heavy atom. The molecule has 0 saturated heterocycles. The fourth-order valence-corrected chi connectivity index (χ4v) is 3.94. The highest BCUT2D eigenvalue weighted by atomic mass is 19.4. The zero-order valence-electron chi connectivity index (χ0n) is 14.6. The molecule has 1 nitrogen and oxygen atoms in total. The van der Waals surface area contributed by atoms with E-state index < -0.39 is 12.8 Å². The van der Waals surface area contributed by atoms with Crippen molar-refractivity contribution in [2.45, 2.75) is 57.5 Å². The minimum absolute atomic E-state index is 0.262. The van der Waals surface area contributed by atoms with Crippen LogP contribution in [0.25, 0.3) is 10.8 Å². The van der Waals surface area contributed by atoms with Crippen LogP contribution >= 0.6 is 0 Å². The number of hydrogen-bond acceptors (Lipinski definition) is 1. The van der Waals surface area contributed by atoms with Gasteiger partial charge in [0.25, 0.3) is 0 Å². The summed E-state index contributed by atoms with van der Waals surface area (Å²) in [5.74, 6) is 1.76. The van der Waals surface area contributed by atoms with Gasteiger partial charge in [-0.2, -0.15) is 13.2 Å². The molecular weight excluding hydrogens is 325 g/mol. The van der Waals surface area contributed by atoms with Crippen LogP contribution in [0.5, 0.6) is 5.75 Å². The van der Waals surface area contributed by atoms with Gasteiger partial charge in [0.1, 0.15) is 5.75 Å². The minimum Gasteiger partial charge on any atom is -0.484 e. The van der Waals surface area contributed by atoms with Gasteiger partial charge >= 0.3 is 6.18 Å². The highest BCUT2D eigenvalue weighted by Gasteiger charge is 2.28. The second-order valence-electron chi connectivity index (χ2n) is 7.18. The predicted octanol–water partition coefficient (Wildman–Crippen LogP) is 6.85. The van der Waals surface area contributed by atoms with E-state index in [4.69, 9.17) is 4.74 Å². The molecule has 136 valence electrons. The summed E-state index contributed by atoms with van der Waals surface area (Å²) in [5.41, 5.74) is 1.35. The Labute approximate surface area is 147 Å². The van der Waals surface area contributed by atoms with Crippen molar-refractivity contribution in [2.24, 2.45) is 5.92 Å². The van der Waals surface area contributed by atoms with Gasteiger partial charge < -0.3 is 4.74 Å². The van der Waals surface area contributed by atoms with Crippen LogP contribution in [0.4, 0.5) is 13.2 Å². The van der Waals surface area contributed by atoms with E-state index in [0.717, 1.165) is 16.7 Å². The van der Waals surface area contributed by atoms with Crippen LogP contribution in [0.3, 0.4) is 0 Å². The maximum absolute atomic E-state index is 12.3. The van der Waals surface area contributed by atoms with E-state index >= 15 is 0 Å². The number of hydrogen-bond donors (Lipinski definition) is 0. The zero-order valence-corrected chi connectivity index (χ0v) is 14.6. The molecule has 3 rings (SSSR count). The summed E-state index contributed by atoms with van der Waals surface area (Å²) in [4.78, 5) is 0. The third-order valence-electron chi connectivity index (χ3n) is 5.25. The maximum atomic E-state index is 12.3. The van der Waals surface area contributed by atoms with Crippen molar-refractivity contribution in [2.75, 3.05) is 6.61 Å². The minimum atomic E-state index is -4.31. The SMILES string of the molecule is CCCC1CCC(c2ccc3cc(OCC(F)(F)F)ccc3c2)CC1. The predicted molar refractivity (Wildman–Crippen MR) is 95.1 cm³/mol. The molecular formula is C21H25F3O. The third-order valence-corrected chi connectivity index (χ3v) is 5.25. The lowest BCUT2D eigenvalue weighted by Crippen LogP contribution is -2.19. The van der Waals surface area contributed by atoms with Gasteiger partial charge in [0.05, 0.1) is 0 Å². The Morgan fingerprint density at radius 2 is 1.64 bits per heavy atom. The summed E-state index contributed by atoms with van der Waals surface area (Å²) in [5, 5.41) is 1.98. The molecule has 0 amide bonds. The van der Waals surface area contributed by atoms with Crippen LogP contribution in [0.2, 0.25) is 0 Å². The molecule has 0 heterocycles. The molecule has 1 saturated carbocycles. The van der Waals surface area contributed by atoms with Crippen molar-refractivity contribution in [3.05, 3.63) is 42.0 Å². The van der Waals surface area contributed by atoms with Gasteiger partial charge in [-0.05, 0) is 66.0 Å². The topological polar surface area (TPSA) is 9.23 Å². The quantitative estimate of drug-likeness (QED) is 0.572. The lowest BCUT2D eigenvalue weighted by Gasteiger charge is -2.28. The number of halogens is 3. The maximum Gasteiger partial charge on any atom is 0.422 e. The number of fused-ring (bicyclic) bond motifs is 1. The van der Waals surface area contributed by atoms with Crippen LogP contribution in [-0.4, -0.2) is 12.8 Å². The second kappa shape index (κ2) is 7.67. The Hall–Kier alpha value is -1.71. The highest BCUT2D eigenvalue weighted by molar-refractivity contribution is 5.84. The number of ether oxygens (including phenoxy) is 1. The Balaban J connectivity index is 1.69. The fraction of sp³-hybridized carbons (Fsp3) is 0.524. The fourth-order valence-electron chi connectivity index (χ4n) is 3.94. The van der Waals surface area contributed by atoms with Crippen molar-refractivity contribution >= 4 is 10.8 Å². The van der Waals surface area contributed by atoms with E-state index in [9.17, 15) is 13.2 Å². The molecule has 0 aromatic heterocycles. The molecule has 2 aromatic carbocycles. The van der Waals surface area contributed by atoms with Gasteiger partial charge in [0, 0.05) is 0 Å². The summed E-state index contributed by atoms with van der Waals surface area (Å²) in [6.07, 6.45) is 3.39. The largest absolute Gasteiger partial charge is 0.484 e. The molecule has 4 heteroatoms. The monoisotopic (exact) mass is 350 g/mol. The van der Waals surface area contributed by atoms with Crippen molar-refractivity contribution in [3.8, 4) is 5.75 Å². The summed E-state index contributed by atoms with van der Waals surface area (Å²) < 4.78 is 41.6. The Bertz CT molecular complexity index is 700. The van der Waals surface area contributed by atoms with Gasteiger partial charge in [-0.25, -0.2) is 0 Å². The number of benzene rings is 2. The lowest BCUT2D eigenvalue weighted by atomic mass is 9.77.